The van der Waals surface area contributed by atoms with Gasteiger partial charge in [-0.1, -0.05) is 13.8 Å². The maximum absolute atomic E-state index is 12.8. The molecule has 0 amide bonds. The van der Waals surface area contributed by atoms with Gasteiger partial charge in [-0.3, -0.25) is 0 Å². The third-order valence-corrected chi connectivity index (χ3v) is 7.39. The summed E-state index contributed by atoms with van der Waals surface area (Å²) in [5.41, 5.74) is 0. The molecule has 120 valence electrons. The van der Waals surface area contributed by atoms with Crippen molar-refractivity contribution in [3.8, 4) is 0 Å². The van der Waals surface area contributed by atoms with E-state index in [4.69, 9.17) is 0 Å². The summed E-state index contributed by atoms with van der Waals surface area (Å²) in [7, 11) is -1.67. The maximum Gasteiger partial charge on any atom is 0.244 e. The Hall–Kier alpha value is -0.430. The highest BCUT2D eigenvalue weighted by Gasteiger charge is 2.36. The molecule has 1 fully saturated rings. The minimum Gasteiger partial charge on any atom is -0.310 e. The second-order valence-electron chi connectivity index (χ2n) is 6.27. The van der Waals surface area contributed by atoms with E-state index in [-0.39, 0.29) is 6.04 Å². The molecule has 6 heteroatoms. The minimum atomic E-state index is -3.38. The van der Waals surface area contributed by atoms with Crippen LogP contribution in [-0.4, -0.2) is 31.9 Å². The molecule has 2 rings (SSSR count). The summed E-state index contributed by atoms with van der Waals surface area (Å²) in [5, 5.41) is 3.34. The van der Waals surface area contributed by atoms with Crippen LogP contribution in [-0.2, 0) is 16.6 Å². The van der Waals surface area contributed by atoms with Crippen LogP contribution in [0, 0.1) is 12.8 Å². The Balaban J connectivity index is 2.19. The van der Waals surface area contributed by atoms with Crippen molar-refractivity contribution in [1.29, 1.82) is 0 Å². The van der Waals surface area contributed by atoms with E-state index in [1.165, 1.54) is 0 Å². The van der Waals surface area contributed by atoms with Gasteiger partial charge in [-0.05, 0) is 38.7 Å². The number of hydrogen-bond donors (Lipinski definition) is 1. The van der Waals surface area contributed by atoms with Gasteiger partial charge in [0.15, 0.2) is 0 Å². The smallest absolute Gasteiger partial charge is 0.244 e. The number of aryl methyl sites for hydroxylation is 1. The van der Waals surface area contributed by atoms with E-state index < -0.39 is 10.0 Å². The molecule has 1 aliphatic carbocycles. The predicted octanol–water partition coefficient (Wildman–Crippen LogP) is 2.97. The molecule has 1 atom stereocenters. The quantitative estimate of drug-likeness (QED) is 0.836. The molecule has 1 aromatic heterocycles. The Morgan fingerprint density at radius 2 is 2.00 bits per heavy atom. The number of thiophene rings is 1. The average molecular weight is 331 g/mol. The lowest BCUT2D eigenvalue weighted by molar-refractivity contribution is 0.357. The van der Waals surface area contributed by atoms with Crippen molar-refractivity contribution in [3.05, 3.63) is 15.8 Å². The molecule has 0 spiro atoms. The van der Waals surface area contributed by atoms with Gasteiger partial charge in [-0.2, -0.15) is 4.31 Å². The van der Waals surface area contributed by atoms with Crippen molar-refractivity contribution < 1.29 is 8.42 Å². The van der Waals surface area contributed by atoms with Crippen LogP contribution in [0.3, 0.4) is 0 Å². The second kappa shape index (κ2) is 6.36. The minimum absolute atomic E-state index is 0.0894. The molecule has 0 bridgehead atoms. The Kier molecular flexibility index (Phi) is 5.13. The molecule has 1 saturated carbocycles. The van der Waals surface area contributed by atoms with Crippen molar-refractivity contribution >= 4 is 21.4 Å². The standard InChI is InChI=1S/C15H26N2O2S2/c1-10(2)16-9-14-8-15(12(4)20-14)21(18,19)17(5)11(3)13-6-7-13/h8,10-11,13,16H,6-7,9H2,1-5H3. The van der Waals surface area contributed by atoms with Crippen LogP contribution in [0.4, 0.5) is 0 Å². The topological polar surface area (TPSA) is 49.4 Å². The van der Waals surface area contributed by atoms with E-state index in [1.54, 1.807) is 22.7 Å². The summed E-state index contributed by atoms with van der Waals surface area (Å²) in [6.07, 6.45) is 2.29. The van der Waals surface area contributed by atoms with E-state index in [2.05, 4.69) is 19.2 Å². The summed E-state index contributed by atoms with van der Waals surface area (Å²) in [6, 6.07) is 2.32. The van der Waals surface area contributed by atoms with Gasteiger partial charge < -0.3 is 5.32 Å². The first-order valence-corrected chi connectivity index (χ1v) is 9.80. The van der Waals surface area contributed by atoms with Crippen molar-refractivity contribution in [2.24, 2.45) is 5.92 Å². The van der Waals surface area contributed by atoms with Crippen molar-refractivity contribution in [3.63, 3.8) is 0 Å². The zero-order valence-corrected chi connectivity index (χ0v) is 15.1. The van der Waals surface area contributed by atoms with E-state index >= 15 is 0 Å². The van der Waals surface area contributed by atoms with Crippen LogP contribution in [0.5, 0.6) is 0 Å². The lowest BCUT2D eigenvalue weighted by Gasteiger charge is -2.24. The van der Waals surface area contributed by atoms with E-state index in [0.29, 0.717) is 16.9 Å². The largest absolute Gasteiger partial charge is 0.310 e. The van der Waals surface area contributed by atoms with Crippen LogP contribution in [0.15, 0.2) is 11.0 Å². The van der Waals surface area contributed by atoms with Crippen molar-refractivity contribution in [2.75, 3.05) is 7.05 Å². The molecule has 1 heterocycles. The number of rotatable bonds is 7. The lowest BCUT2D eigenvalue weighted by Crippen LogP contribution is -2.36. The average Bonchev–Trinajstić information content (AvgIpc) is 3.18. The number of sulfonamides is 1. The fourth-order valence-corrected chi connectivity index (χ4v) is 5.40. The lowest BCUT2D eigenvalue weighted by atomic mass is 10.2. The Bertz CT molecular complexity index is 589. The monoisotopic (exact) mass is 330 g/mol. The Labute approximate surface area is 132 Å². The normalized spacial score (nSPS) is 17.7. The molecule has 21 heavy (non-hydrogen) atoms. The molecule has 4 nitrogen and oxygen atoms in total. The highest BCUT2D eigenvalue weighted by Crippen LogP contribution is 2.37. The van der Waals surface area contributed by atoms with E-state index in [0.717, 1.165) is 29.1 Å². The molecule has 1 aliphatic rings. The van der Waals surface area contributed by atoms with Gasteiger partial charge in [0.2, 0.25) is 10.0 Å². The maximum atomic E-state index is 12.8. The molecule has 0 aromatic carbocycles. The van der Waals surface area contributed by atoms with Crippen molar-refractivity contribution in [1.82, 2.24) is 9.62 Å². The fourth-order valence-electron chi connectivity index (χ4n) is 2.42. The zero-order chi connectivity index (χ0) is 15.8. The molecule has 1 N–H and O–H groups in total. The highest BCUT2D eigenvalue weighted by molar-refractivity contribution is 7.89. The van der Waals surface area contributed by atoms with Crippen molar-refractivity contribution in [2.45, 2.75) is 64.1 Å². The van der Waals surface area contributed by atoms with Gasteiger partial charge >= 0.3 is 0 Å². The number of hydrogen-bond acceptors (Lipinski definition) is 4. The first kappa shape index (κ1) is 16.9. The summed E-state index contributed by atoms with van der Waals surface area (Å²) in [5.74, 6) is 0.533. The van der Waals surface area contributed by atoms with Crippen LogP contribution in [0.1, 0.15) is 43.4 Å². The van der Waals surface area contributed by atoms with Crippen LogP contribution >= 0.6 is 11.3 Å². The Morgan fingerprint density at radius 3 is 2.52 bits per heavy atom. The molecule has 0 radical (unpaired) electrons. The number of nitrogens with one attached hydrogen (secondary N) is 1. The first-order chi connectivity index (χ1) is 9.73. The third kappa shape index (κ3) is 3.86. The molecular weight excluding hydrogens is 304 g/mol. The van der Waals surface area contributed by atoms with Gasteiger partial charge in [-0.15, -0.1) is 11.3 Å². The summed E-state index contributed by atoms with van der Waals surface area (Å²) >= 11 is 1.57. The Morgan fingerprint density at radius 1 is 1.38 bits per heavy atom. The van der Waals surface area contributed by atoms with Crippen LogP contribution < -0.4 is 5.32 Å². The molecular formula is C15H26N2O2S2. The fraction of sp³-hybridized carbons (Fsp3) is 0.733. The van der Waals surface area contributed by atoms with Gasteiger partial charge in [-0.25, -0.2) is 8.42 Å². The zero-order valence-electron chi connectivity index (χ0n) is 13.5. The second-order valence-corrected chi connectivity index (χ2v) is 9.57. The van der Waals surface area contributed by atoms with Crippen LogP contribution in [0.2, 0.25) is 0 Å². The van der Waals surface area contributed by atoms with Gasteiger partial charge in [0, 0.05) is 35.4 Å². The molecule has 0 saturated heterocycles. The molecule has 1 aromatic rings. The summed E-state index contributed by atoms with van der Waals surface area (Å²) < 4.78 is 27.1. The first-order valence-electron chi connectivity index (χ1n) is 7.54. The highest BCUT2D eigenvalue weighted by atomic mass is 32.2. The molecule has 0 aliphatic heterocycles. The SMILES string of the molecule is Cc1sc(CNC(C)C)cc1S(=O)(=O)N(C)C(C)C1CC1. The van der Waals surface area contributed by atoms with Gasteiger partial charge in [0.25, 0.3) is 0 Å². The van der Waals surface area contributed by atoms with Gasteiger partial charge in [0.1, 0.15) is 0 Å². The summed E-state index contributed by atoms with van der Waals surface area (Å²) in [4.78, 5) is 2.43. The van der Waals surface area contributed by atoms with E-state index in [9.17, 15) is 8.42 Å². The third-order valence-electron chi connectivity index (χ3n) is 4.14. The summed E-state index contributed by atoms with van der Waals surface area (Å²) in [6.45, 7) is 8.80. The molecule has 1 unspecified atom stereocenters. The number of nitrogens with zero attached hydrogens (tertiary/aromatic N) is 1. The van der Waals surface area contributed by atoms with E-state index in [1.807, 2.05) is 19.9 Å². The van der Waals surface area contributed by atoms with Crippen LogP contribution in [0.25, 0.3) is 0 Å². The van der Waals surface area contributed by atoms with Gasteiger partial charge in [0.05, 0.1) is 4.90 Å². The predicted molar refractivity (Wildman–Crippen MR) is 88.2 cm³/mol.